The third-order valence-electron chi connectivity index (χ3n) is 3.51. The van der Waals surface area contributed by atoms with Crippen molar-refractivity contribution in [2.24, 2.45) is 0 Å². The zero-order chi connectivity index (χ0) is 16.5. The first-order valence-electron chi connectivity index (χ1n) is 7.56. The second kappa shape index (κ2) is 8.84. The largest absolute Gasteiger partial charge is 0.0988 e. The van der Waals surface area contributed by atoms with Crippen LogP contribution >= 0.6 is 0 Å². The highest BCUT2D eigenvalue weighted by Crippen LogP contribution is 2.22. The van der Waals surface area contributed by atoms with Crippen LogP contribution in [0.4, 0.5) is 0 Å². The summed E-state index contributed by atoms with van der Waals surface area (Å²) in [5.41, 5.74) is 7.49. The molecule has 0 saturated carbocycles. The van der Waals surface area contributed by atoms with Gasteiger partial charge in [-0.2, -0.15) is 0 Å². The molecular weight excluding hydrogens is 264 g/mol. The molecular formula is C22H26. The molecule has 0 aromatic heterocycles. The van der Waals surface area contributed by atoms with Crippen LogP contribution in [0.5, 0.6) is 0 Å². The Morgan fingerprint density at radius 2 is 1.27 bits per heavy atom. The van der Waals surface area contributed by atoms with E-state index in [1.165, 1.54) is 27.8 Å². The van der Waals surface area contributed by atoms with E-state index in [1.807, 2.05) is 6.92 Å². The van der Waals surface area contributed by atoms with E-state index >= 15 is 0 Å². The Balaban J connectivity index is 0.000000422. The summed E-state index contributed by atoms with van der Waals surface area (Å²) in [6.45, 7) is 15.3. The van der Waals surface area contributed by atoms with Gasteiger partial charge in [0.05, 0.1) is 0 Å². The van der Waals surface area contributed by atoms with Crippen molar-refractivity contribution < 1.29 is 0 Å². The Hall–Kier alpha value is -2.34. The predicted molar refractivity (Wildman–Crippen MR) is 101 cm³/mol. The summed E-state index contributed by atoms with van der Waals surface area (Å²) in [7, 11) is 0. The second-order valence-corrected chi connectivity index (χ2v) is 5.47. The number of benzene rings is 2. The van der Waals surface area contributed by atoms with E-state index < -0.39 is 0 Å². The minimum atomic E-state index is 1.02. The zero-order valence-corrected chi connectivity index (χ0v) is 14.2. The van der Waals surface area contributed by atoms with Crippen molar-refractivity contribution in [2.75, 3.05) is 0 Å². The molecule has 0 heteroatoms. The fourth-order valence-corrected chi connectivity index (χ4v) is 1.84. The first kappa shape index (κ1) is 17.7. The maximum atomic E-state index is 3.56. The topological polar surface area (TPSA) is 0 Å². The van der Waals surface area contributed by atoms with E-state index in [0.717, 1.165) is 5.57 Å². The van der Waals surface area contributed by atoms with Crippen molar-refractivity contribution in [3.63, 3.8) is 0 Å². The Morgan fingerprint density at radius 1 is 0.864 bits per heavy atom. The Labute approximate surface area is 135 Å². The van der Waals surface area contributed by atoms with Crippen LogP contribution in [0.25, 0.3) is 16.7 Å². The average molecular weight is 290 g/mol. The number of aryl methyl sites for hydroxylation is 1. The monoisotopic (exact) mass is 290 g/mol. The van der Waals surface area contributed by atoms with Crippen molar-refractivity contribution in [3.05, 3.63) is 90.5 Å². The van der Waals surface area contributed by atoms with Gasteiger partial charge < -0.3 is 0 Å². The molecule has 0 atom stereocenters. The van der Waals surface area contributed by atoms with Gasteiger partial charge in [0.25, 0.3) is 0 Å². The molecule has 0 bridgehead atoms. The van der Waals surface area contributed by atoms with Crippen LogP contribution in [0.1, 0.15) is 31.9 Å². The van der Waals surface area contributed by atoms with Crippen molar-refractivity contribution in [2.45, 2.75) is 27.7 Å². The van der Waals surface area contributed by atoms with Crippen molar-refractivity contribution in [1.29, 1.82) is 0 Å². The highest BCUT2D eigenvalue weighted by Gasteiger charge is 1.98. The molecule has 0 aliphatic rings. The molecule has 0 radical (unpaired) electrons. The third kappa shape index (κ3) is 5.57. The smallest absolute Gasteiger partial charge is 0.0184 e. The molecule has 0 fully saturated rings. The van der Waals surface area contributed by atoms with Gasteiger partial charge in [0.2, 0.25) is 0 Å². The van der Waals surface area contributed by atoms with Gasteiger partial charge in [-0.05, 0) is 50.0 Å². The summed E-state index contributed by atoms with van der Waals surface area (Å²) >= 11 is 0. The molecule has 2 aromatic rings. The van der Waals surface area contributed by atoms with Crippen molar-refractivity contribution in [1.82, 2.24) is 0 Å². The molecule has 22 heavy (non-hydrogen) atoms. The third-order valence-corrected chi connectivity index (χ3v) is 3.51. The van der Waals surface area contributed by atoms with Crippen LogP contribution in [0.2, 0.25) is 0 Å². The molecule has 0 nitrogen and oxygen atoms in total. The van der Waals surface area contributed by atoms with Crippen LogP contribution < -0.4 is 0 Å². The minimum absolute atomic E-state index is 1.02. The second-order valence-electron chi connectivity index (χ2n) is 5.47. The summed E-state index contributed by atoms with van der Waals surface area (Å²) < 4.78 is 0. The number of hydrogen-bond donors (Lipinski definition) is 0. The molecule has 0 saturated heterocycles. The summed E-state index contributed by atoms with van der Waals surface area (Å²) in [6, 6.07) is 17.4. The molecule has 0 amide bonds. The quantitative estimate of drug-likeness (QED) is 0.543. The van der Waals surface area contributed by atoms with Gasteiger partial charge in [-0.15, -0.1) is 0 Å². The lowest BCUT2D eigenvalue weighted by Gasteiger charge is -2.05. The minimum Gasteiger partial charge on any atom is -0.0988 e. The van der Waals surface area contributed by atoms with Crippen LogP contribution in [0, 0.1) is 6.92 Å². The SMILES string of the molecule is C/C=C(\C)c1ccc(-c2ccc(C)cc2)cc1.C=CC(=C)C. The normalized spacial score (nSPS) is 10.5. The van der Waals surface area contributed by atoms with E-state index in [2.05, 4.69) is 88.5 Å². The van der Waals surface area contributed by atoms with Crippen LogP contribution in [-0.4, -0.2) is 0 Å². The lowest BCUT2D eigenvalue weighted by atomic mass is 10.0. The molecule has 0 heterocycles. The van der Waals surface area contributed by atoms with Gasteiger partial charge in [0.15, 0.2) is 0 Å². The fraction of sp³-hybridized carbons (Fsp3) is 0.182. The average Bonchev–Trinajstić information content (AvgIpc) is 2.55. The van der Waals surface area contributed by atoms with Crippen molar-refractivity contribution in [3.8, 4) is 11.1 Å². The highest BCUT2D eigenvalue weighted by molar-refractivity contribution is 5.69. The number of allylic oxidation sites excluding steroid dienone is 4. The van der Waals surface area contributed by atoms with E-state index in [0.29, 0.717) is 0 Å². The summed E-state index contributed by atoms with van der Waals surface area (Å²) in [5, 5.41) is 0. The molecule has 2 rings (SSSR count). The molecule has 0 unspecified atom stereocenters. The first-order chi connectivity index (χ1) is 10.5. The Bertz CT molecular complexity index is 637. The van der Waals surface area contributed by atoms with Crippen LogP contribution in [0.3, 0.4) is 0 Å². The standard InChI is InChI=1S/C17H18.C5H8/c1-4-14(3)15-9-11-17(12-10-15)16-7-5-13(2)6-8-16;1-4-5(2)3/h4-12H,1-3H3;4H,1-2H2,3H3/b14-4+;. The van der Waals surface area contributed by atoms with Crippen LogP contribution in [-0.2, 0) is 0 Å². The summed E-state index contributed by atoms with van der Waals surface area (Å²) in [6.07, 6.45) is 3.86. The highest BCUT2D eigenvalue weighted by atomic mass is 14.0. The molecule has 2 aromatic carbocycles. The maximum Gasteiger partial charge on any atom is -0.0184 e. The fourth-order valence-electron chi connectivity index (χ4n) is 1.84. The molecule has 0 aliphatic carbocycles. The molecule has 0 spiro atoms. The number of rotatable bonds is 3. The molecule has 0 N–H and O–H groups in total. The number of hydrogen-bond acceptors (Lipinski definition) is 0. The zero-order valence-electron chi connectivity index (χ0n) is 14.2. The lowest BCUT2D eigenvalue weighted by molar-refractivity contribution is 1.46. The summed E-state index contributed by atoms with van der Waals surface area (Å²) in [4.78, 5) is 0. The van der Waals surface area contributed by atoms with E-state index in [9.17, 15) is 0 Å². The van der Waals surface area contributed by atoms with Gasteiger partial charge in [0.1, 0.15) is 0 Å². The van der Waals surface area contributed by atoms with E-state index in [4.69, 9.17) is 0 Å². The van der Waals surface area contributed by atoms with Gasteiger partial charge in [0, 0.05) is 0 Å². The first-order valence-corrected chi connectivity index (χ1v) is 7.56. The molecule has 114 valence electrons. The van der Waals surface area contributed by atoms with Gasteiger partial charge in [-0.25, -0.2) is 0 Å². The van der Waals surface area contributed by atoms with Gasteiger partial charge in [-0.1, -0.05) is 85.0 Å². The van der Waals surface area contributed by atoms with Gasteiger partial charge in [-0.3, -0.25) is 0 Å². The predicted octanol–water partition coefficient (Wildman–Crippen LogP) is 6.83. The van der Waals surface area contributed by atoms with E-state index in [1.54, 1.807) is 6.08 Å². The van der Waals surface area contributed by atoms with Crippen LogP contribution in [0.15, 0.2) is 79.4 Å². The lowest BCUT2D eigenvalue weighted by Crippen LogP contribution is -1.81. The maximum absolute atomic E-state index is 3.56. The van der Waals surface area contributed by atoms with Gasteiger partial charge >= 0.3 is 0 Å². The Kier molecular flexibility index (Phi) is 7.12. The van der Waals surface area contributed by atoms with E-state index in [-0.39, 0.29) is 0 Å². The van der Waals surface area contributed by atoms with Crippen molar-refractivity contribution >= 4 is 5.57 Å². The summed E-state index contributed by atoms with van der Waals surface area (Å²) in [5.74, 6) is 0. The molecule has 0 aliphatic heterocycles. The Morgan fingerprint density at radius 3 is 1.64 bits per heavy atom.